The number of carbonyl (C=O) groups is 1. The van der Waals surface area contributed by atoms with E-state index in [1.54, 1.807) is 12.3 Å². The molecule has 0 unspecified atom stereocenters. The van der Waals surface area contributed by atoms with Crippen molar-refractivity contribution in [3.05, 3.63) is 78.1 Å². The second kappa shape index (κ2) is 9.04. The van der Waals surface area contributed by atoms with E-state index >= 15 is 0 Å². The van der Waals surface area contributed by atoms with Crippen molar-refractivity contribution in [2.24, 2.45) is 0 Å². The van der Waals surface area contributed by atoms with Crippen LogP contribution in [0.2, 0.25) is 0 Å². The van der Waals surface area contributed by atoms with Crippen LogP contribution in [0.25, 0.3) is 0 Å². The molecule has 0 spiro atoms. The first-order valence-corrected chi connectivity index (χ1v) is 9.55. The molecular weight excluding hydrogens is 348 g/mol. The molecule has 0 saturated carbocycles. The Morgan fingerprint density at radius 1 is 0.929 bits per heavy atom. The molecule has 0 aliphatic rings. The minimum atomic E-state index is -0.224. The molecular formula is C23H26N4O. The molecule has 0 aliphatic carbocycles. The lowest BCUT2D eigenvalue weighted by atomic mass is 10.2. The van der Waals surface area contributed by atoms with Gasteiger partial charge in [-0.05, 0) is 68.8 Å². The monoisotopic (exact) mass is 374 g/mol. The van der Waals surface area contributed by atoms with Gasteiger partial charge in [-0.25, -0.2) is 4.98 Å². The Balaban J connectivity index is 1.64. The molecule has 0 atom stereocenters. The number of hydrogen-bond acceptors (Lipinski definition) is 4. The minimum Gasteiger partial charge on any atom is -0.372 e. The summed E-state index contributed by atoms with van der Waals surface area (Å²) in [6, 6.07) is 19.5. The maximum Gasteiger partial charge on any atom is 0.274 e. The molecule has 144 valence electrons. The van der Waals surface area contributed by atoms with Crippen molar-refractivity contribution in [3.63, 3.8) is 0 Å². The van der Waals surface area contributed by atoms with Crippen molar-refractivity contribution < 1.29 is 4.79 Å². The average Bonchev–Trinajstić information content (AvgIpc) is 2.72. The van der Waals surface area contributed by atoms with Crippen LogP contribution in [0.1, 0.15) is 29.9 Å². The summed E-state index contributed by atoms with van der Waals surface area (Å²) in [7, 11) is 0. The first-order chi connectivity index (χ1) is 13.6. The molecule has 5 nitrogen and oxygen atoms in total. The van der Waals surface area contributed by atoms with Crippen molar-refractivity contribution in [1.82, 2.24) is 4.98 Å². The first kappa shape index (κ1) is 19.4. The third-order valence-corrected chi connectivity index (χ3v) is 4.67. The van der Waals surface area contributed by atoms with E-state index in [1.807, 2.05) is 61.5 Å². The van der Waals surface area contributed by atoms with Gasteiger partial charge in [-0.3, -0.25) is 4.79 Å². The highest BCUT2D eigenvalue weighted by Crippen LogP contribution is 2.20. The van der Waals surface area contributed by atoms with Crippen LogP contribution in [0, 0.1) is 6.92 Å². The number of pyridine rings is 1. The van der Waals surface area contributed by atoms with E-state index < -0.39 is 0 Å². The quantitative estimate of drug-likeness (QED) is 0.594. The predicted octanol–water partition coefficient (Wildman–Crippen LogP) is 5.23. The van der Waals surface area contributed by atoms with Crippen LogP contribution in [0.3, 0.4) is 0 Å². The Morgan fingerprint density at radius 2 is 1.61 bits per heavy atom. The van der Waals surface area contributed by atoms with Gasteiger partial charge in [0.25, 0.3) is 5.91 Å². The SMILES string of the molecule is CCN(CC)c1ccc(NC(=O)c2ccc(Nc3ccccc3C)cn2)cc1. The molecule has 28 heavy (non-hydrogen) atoms. The number of benzene rings is 2. The molecule has 0 radical (unpaired) electrons. The van der Waals surface area contributed by atoms with Gasteiger partial charge in [-0.15, -0.1) is 0 Å². The second-order valence-corrected chi connectivity index (χ2v) is 6.55. The summed E-state index contributed by atoms with van der Waals surface area (Å²) >= 11 is 0. The Hall–Kier alpha value is -3.34. The van der Waals surface area contributed by atoms with Crippen LogP contribution in [0.4, 0.5) is 22.7 Å². The lowest BCUT2D eigenvalue weighted by Crippen LogP contribution is -2.21. The molecule has 3 rings (SSSR count). The maximum atomic E-state index is 12.5. The zero-order valence-corrected chi connectivity index (χ0v) is 16.6. The highest BCUT2D eigenvalue weighted by Gasteiger charge is 2.09. The maximum absolute atomic E-state index is 12.5. The van der Waals surface area contributed by atoms with Crippen LogP contribution >= 0.6 is 0 Å². The topological polar surface area (TPSA) is 57.3 Å². The fourth-order valence-electron chi connectivity index (χ4n) is 3.01. The summed E-state index contributed by atoms with van der Waals surface area (Å²) in [5.74, 6) is -0.224. The van der Waals surface area contributed by atoms with Crippen LogP contribution in [-0.4, -0.2) is 24.0 Å². The standard InChI is InChI=1S/C23H26N4O/c1-4-27(5-2)20-13-10-18(11-14-20)26-23(28)22-15-12-19(16-24-22)25-21-9-7-6-8-17(21)3/h6-16,25H,4-5H2,1-3H3,(H,26,28). The Labute approximate surface area is 166 Å². The van der Waals surface area contributed by atoms with E-state index in [0.29, 0.717) is 5.69 Å². The zero-order chi connectivity index (χ0) is 19.9. The summed E-state index contributed by atoms with van der Waals surface area (Å²) in [5.41, 5.74) is 5.29. The normalized spacial score (nSPS) is 10.4. The lowest BCUT2D eigenvalue weighted by Gasteiger charge is -2.21. The van der Waals surface area contributed by atoms with Crippen LogP contribution < -0.4 is 15.5 Å². The van der Waals surface area contributed by atoms with E-state index in [9.17, 15) is 4.79 Å². The van der Waals surface area contributed by atoms with Crippen molar-refractivity contribution in [2.75, 3.05) is 28.6 Å². The number of aromatic nitrogens is 1. The minimum absolute atomic E-state index is 0.224. The molecule has 3 aromatic rings. The van der Waals surface area contributed by atoms with Gasteiger partial charge in [0.15, 0.2) is 0 Å². The Bertz CT molecular complexity index is 916. The summed E-state index contributed by atoms with van der Waals surface area (Å²) in [6.45, 7) is 8.21. The second-order valence-electron chi connectivity index (χ2n) is 6.55. The number of nitrogens with one attached hydrogen (secondary N) is 2. The number of rotatable bonds is 7. The molecule has 0 bridgehead atoms. The van der Waals surface area contributed by atoms with E-state index in [2.05, 4.69) is 34.4 Å². The van der Waals surface area contributed by atoms with E-state index in [4.69, 9.17) is 0 Å². The van der Waals surface area contributed by atoms with Gasteiger partial charge in [-0.1, -0.05) is 18.2 Å². The number of amides is 1. The van der Waals surface area contributed by atoms with Gasteiger partial charge in [0.2, 0.25) is 0 Å². The van der Waals surface area contributed by atoms with Crippen molar-refractivity contribution in [1.29, 1.82) is 0 Å². The van der Waals surface area contributed by atoms with Crippen molar-refractivity contribution in [2.45, 2.75) is 20.8 Å². The molecule has 1 aromatic heterocycles. The summed E-state index contributed by atoms with van der Waals surface area (Å²) in [5, 5.41) is 6.22. The van der Waals surface area contributed by atoms with Gasteiger partial charge in [0.1, 0.15) is 5.69 Å². The van der Waals surface area contributed by atoms with Crippen molar-refractivity contribution >= 4 is 28.7 Å². The van der Waals surface area contributed by atoms with Gasteiger partial charge < -0.3 is 15.5 Å². The largest absolute Gasteiger partial charge is 0.372 e. The van der Waals surface area contributed by atoms with E-state index in [0.717, 1.165) is 41.4 Å². The third kappa shape index (κ3) is 4.68. The van der Waals surface area contributed by atoms with Crippen LogP contribution in [-0.2, 0) is 0 Å². The summed E-state index contributed by atoms with van der Waals surface area (Å²) in [6.07, 6.45) is 1.67. The van der Waals surface area contributed by atoms with Gasteiger partial charge >= 0.3 is 0 Å². The van der Waals surface area contributed by atoms with E-state index in [-0.39, 0.29) is 5.91 Å². The molecule has 2 N–H and O–H groups in total. The summed E-state index contributed by atoms with van der Waals surface area (Å²) < 4.78 is 0. The summed E-state index contributed by atoms with van der Waals surface area (Å²) in [4.78, 5) is 19.0. The van der Waals surface area contributed by atoms with Crippen LogP contribution in [0.5, 0.6) is 0 Å². The first-order valence-electron chi connectivity index (χ1n) is 9.55. The Morgan fingerprint density at radius 3 is 2.21 bits per heavy atom. The van der Waals surface area contributed by atoms with Gasteiger partial charge in [0.05, 0.1) is 11.9 Å². The van der Waals surface area contributed by atoms with Gasteiger partial charge in [0, 0.05) is 30.2 Å². The van der Waals surface area contributed by atoms with E-state index in [1.165, 1.54) is 0 Å². The molecule has 2 aromatic carbocycles. The highest BCUT2D eigenvalue weighted by molar-refractivity contribution is 6.03. The fourth-order valence-corrected chi connectivity index (χ4v) is 3.01. The lowest BCUT2D eigenvalue weighted by molar-refractivity contribution is 0.102. The third-order valence-electron chi connectivity index (χ3n) is 4.67. The molecule has 0 fully saturated rings. The van der Waals surface area contributed by atoms with Crippen LogP contribution in [0.15, 0.2) is 66.9 Å². The smallest absolute Gasteiger partial charge is 0.274 e. The Kier molecular flexibility index (Phi) is 6.27. The molecule has 1 heterocycles. The van der Waals surface area contributed by atoms with Gasteiger partial charge in [-0.2, -0.15) is 0 Å². The number of hydrogen-bond donors (Lipinski definition) is 2. The fraction of sp³-hybridized carbons (Fsp3) is 0.217. The predicted molar refractivity (Wildman–Crippen MR) is 117 cm³/mol. The molecule has 5 heteroatoms. The molecule has 0 aliphatic heterocycles. The number of aryl methyl sites for hydroxylation is 1. The molecule has 1 amide bonds. The van der Waals surface area contributed by atoms with Crippen molar-refractivity contribution in [3.8, 4) is 0 Å². The average molecular weight is 374 g/mol. The number of anilines is 4. The number of nitrogens with zero attached hydrogens (tertiary/aromatic N) is 2. The zero-order valence-electron chi connectivity index (χ0n) is 16.6. The number of para-hydroxylation sites is 1. The highest BCUT2D eigenvalue weighted by atomic mass is 16.1. The molecule has 0 saturated heterocycles. The number of carbonyl (C=O) groups excluding carboxylic acids is 1.